The second-order valence-electron chi connectivity index (χ2n) is 8.34. The minimum absolute atomic E-state index is 0.0568. The number of benzene rings is 1. The number of H-pyrrole nitrogens is 1. The van der Waals surface area contributed by atoms with Gasteiger partial charge >= 0.3 is 0 Å². The highest BCUT2D eigenvalue weighted by molar-refractivity contribution is 6.32. The molecule has 1 unspecified atom stereocenters. The standard InChI is InChI=1S/C22H31ClN6O3/c1-6-14(10-30)25-22-26-21(24-9-13-7-8-15(23)20(32)19(13)31)17-18(29(22)12(4)5)16(11(2)3)27-28-17/h7-8,11-12,14,30-32H,6,9-10H2,1-5H3,(H,27,28)(H,24,25,26). The molecule has 32 heavy (non-hydrogen) atoms. The van der Waals surface area contributed by atoms with Crippen molar-refractivity contribution in [1.29, 1.82) is 0 Å². The number of nitrogens with one attached hydrogen (secondary N) is 2. The SMILES string of the molecule is CCC(CO)N=c1nc(NCc2ccc(Cl)c(O)c2O)c2n[nH]c(C(C)C)c2n1C(C)C. The van der Waals surface area contributed by atoms with Crippen molar-refractivity contribution in [2.75, 3.05) is 11.9 Å². The van der Waals surface area contributed by atoms with Crippen molar-refractivity contribution >= 4 is 28.5 Å². The summed E-state index contributed by atoms with van der Waals surface area (Å²) >= 11 is 5.86. The van der Waals surface area contributed by atoms with Gasteiger partial charge in [-0.15, -0.1) is 0 Å². The number of rotatable bonds is 8. The van der Waals surface area contributed by atoms with Crippen LogP contribution in [0.5, 0.6) is 11.5 Å². The maximum Gasteiger partial charge on any atom is 0.227 e. The quantitative estimate of drug-likeness (QED) is 0.323. The van der Waals surface area contributed by atoms with E-state index in [0.717, 1.165) is 11.2 Å². The van der Waals surface area contributed by atoms with Crippen molar-refractivity contribution in [3.63, 3.8) is 0 Å². The Balaban J connectivity index is 2.20. The second-order valence-corrected chi connectivity index (χ2v) is 8.75. The van der Waals surface area contributed by atoms with Gasteiger partial charge in [0.15, 0.2) is 22.8 Å². The molecule has 10 heteroatoms. The Kier molecular flexibility index (Phi) is 7.30. The van der Waals surface area contributed by atoms with Crippen LogP contribution in [-0.4, -0.2) is 47.7 Å². The molecule has 2 aromatic heterocycles. The summed E-state index contributed by atoms with van der Waals surface area (Å²) in [5.41, 5.74) is 3.45. The van der Waals surface area contributed by atoms with Gasteiger partial charge in [-0.1, -0.05) is 38.4 Å². The first kappa shape index (κ1) is 23.9. The molecule has 3 rings (SSSR count). The van der Waals surface area contributed by atoms with Crippen molar-refractivity contribution in [2.24, 2.45) is 4.99 Å². The number of aliphatic hydroxyl groups is 1. The fourth-order valence-corrected chi connectivity index (χ4v) is 3.67. The monoisotopic (exact) mass is 462 g/mol. The summed E-state index contributed by atoms with van der Waals surface area (Å²) in [6.07, 6.45) is 0.678. The third kappa shape index (κ3) is 4.54. The Hall–Kier alpha value is -2.78. The van der Waals surface area contributed by atoms with E-state index < -0.39 is 0 Å². The number of fused-ring (bicyclic) bond motifs is 1. The van der Waals surface area contributed by atoms with Gasteiger partial charge in [0.05, 0.1) is 28.9 Å². The number of aliphatic hydroxyl groups excluding tert-OH is 1. The predicted octanol–water partition coefficient (Wildman–Crippen LogP) is 3.81. The molecule has 0 aliphatic heterocycles. The molecule has 2 heterocycles. The van der Waals surface area contributed by atoms with Gasteiger partial charge in [-0.25, -0.2) is 4.99 Å². The number of hydrogen-bond donors (Lipinski definition) is 5. The van der Waals surface area contributed by atoms with Gasteiger partial charge in [0, 0.05) is 18.2 Å². The number of aromatic hydroxyl groups is 2. The van der Waals surface area contributed by atoms with E-state index in [0.29, 0.717) is 28.9 Å². The third-order valence-corrected chi connectivity index (χ3v) is 5.67. The minimum Gasteiger partial charge on any atom is -0.504 e. The number of phenols is 2. The smallest absolute Gasteiger partial charge is 0.227 e. The molecule has 0 fully saturated rings. The van der Waals surface area contributed by atoms with Crippen molar-refractivity contribution in [1.82, 2.24) is 19.7 Å². The molecule has 0 radical (unpaired) electrons. The van der Waals surface area contributed by atoms with E-state index in [9.17, 15) is 15.3 Å². The molecule has 0 saturated carbocycles. The van der Waals surface area contributed by atoms with Crippen LogP contribution in [0.15, 0.2) is 17.1 Å². The van der Waals surface area contributed by atoms with E-state index >= 15 is 0 Å². The maximum atomic E-state index is 10.2. The van der Waals surface area contributed by atoms with Crippen molar-refractivity contribution in [2.45, 2.75) is 65.6 Å². The summed E-state index contributed by atoms with van der Waals surface area (Å²) < 4.78 is 2.03. The van der Waals surface area contributed by atoms with Gasteiger partial charge in [0.2, 0.25) is 5.62 Å². The fourth-order valence-electron chi connectivity index (χ4n) is 3.51. The van der Waals surface area contributed by atoms with Crippen molar-refractivity contribution < 1.29 is 15.3 Å². The van der Waals surface area contributed by atoms with E-state index in [2.05, 4.69) is 43.2 Å². The number of aromatic nitrogens is 4. The number of halogens is 1. The molecule has 9 nitrogen and oxygen atoms in total. The zero-order valence-corrected chi connectivity index (χ0v) is 19.8. The molecule has 174 valence electrons. The van der Waals surface area contributed by atoms with Gasteiger partial charge in [0.1, 0.15) is 0 Å². The summed E-state index contributed by atoms with van der Waals surface area (Å²) in [4.78, 5) is 9.46. The Labute approximate surface area is 191 Å². The lowest BCUT2D eigenvalue weighted by atomic mass is 10.1. The molecule has 0 aliphatic rings. The fraction of sp³-hybridized carbons (Fsp3) is 0.500. The molecule has 0 amide bonds. The summed E-state index contributed by atoms with van der Waals surface area (Å²) in [6.45, 7) is 10.4. The lowest BCUT2D eigenvalue weighted by Crippen LogP contribution is -2.30. The highest BCUT2D eigenvalue weighted by Gasteiger charge is 2.21. The normalized spacial score (nSPS) is 13.5. The van der Waals surface area contributed by atoms with E-state index in [1.54, 1.807) is 6.07 Å². The third-order valence-electron chi connectivity index (χ3n) is 5.37. The lowest BCUT2D eigenvalue weighted by molar-refractivity contribution is 0.260. The van der Waals surface area contributed by atoms with Crippen LogP contribution in [0, 0.1) is 0 Å². The van der Waals surface area contributed by atoms with Crippen LogP contribution in [0.3, 0.4) is 0 Å². The lowest BCUT2D eigenvalue weighted by Gasteiger charge is -2.18. The van der Waals surface area contributed by atoms with Gasteiger partial charge < -0.3 is 25.2 Å². The summed E-state index contributed by atoms with van der Waals surface area (Å²) in [5, 5.41) is 40.8. The molecular formula is C22H31ClN6O3. The van der Waals surface area contributed by atoms with Gasteiger partial charge in [-0.3, -0.25) is 5.10 Å². The Morgan fingerprint density at radius 1 is 1.19 bits per heavy atom. The molecular weight excluding hydrogens is 432 g/mol. The molecule has 1 atom stereocenters. The highest BCUT2D eigenvalue weighted by atomic mass is 35.5. The average molecular weight is 463 g/mol. The molecule has 0 bridgehead atoms. The number of aromatic amines is 1. The number of phenolic OH excluding ortho intramolecular Hbond substituents is 2. The van der Waals surface area contributed by atoms with Gasteiger partial charge in [0.25, 0.3) is 0 Å². The summed E-state index contributed by atoms with van der Waals surface area (Å²) in [5.74, 6) is 0.0298. The zero-order chi connectivity index (χ0) is 23.6. The van der Waals surface area contributed by atoms with E-state index in [1.807, 2.05) is 11.5 Å². The van der Waals surface area contributed by atoms with Crippen molar-refractivity contribution in [3.05, 3.63) is 34.0 Å². The topological polar surface area (TPSA) is 132 Å². The number of hydrogen-bond acceptors (Lipinski definition) is 7. The first-order valence-corrected chi connectivity index (χ1v) is 11.2. The minimum atomic E-state index is -0.360. The zero-order valence-electron chi connectivity index (χ0n) is 19.0. The molecule has 0 spiro atoms. The van der Waals surface area contributed by atoms with Crippen LogP contribution < -0.4 is 10.9 Å². The van der Waals surface area contributed by atoms with Crippen LogP contribution in [0.25, 0.3) is 11.0 Å². The number of anilines is 1. The van der Waals surface area contributed by atoms with Gasteiger partial charge in [-0.2, -0.15) is 10.1 Å². The average Bonchev–Trinajstić information content (AvgIpc) is 3.20. The van der Waals surface area contributed by atoms with Crippen LogP contribution >= 0.6 is 11.6 Å². The molecule has 5 N–H and O–H groups in total. The molecule has 0 saturated heterocycles. The first-order valence-electron chi connectivity index (χ1n) is 10.8. The van der Waals surface area contributed by atoms with E-state index in [-0.39, 0.29) is 47.7 Å². The van der Waals surface area contributed by atoms with Crippen molar-refractivity contribution in [3.8, 4) is 11.5 Å². The van der Waals surface area contributed by atoms with E-state index in [4.69, 9.17) is 21.6 Å². The largest absolute Gasteiger partial charge is 0.504 e. The van der Waals surface area contributed by atoms with Gasteiger partial charge in [-0.05, 0) is 32.3 Å². The number of nitrogens with zero attached hydrogens (tertiary/aromatic N) is 4. The second kappa shape index (κ2) is 9.79. The van der Waals surface area contributed by atoms with Crippen LogP contribution in [0.1, 0.15) is 64.3 Å². The Bertz CT molecular complexity index is 1160. The summed E-state index contributed by atoms with van der Waals surface area (Å²) in [7, 11) is 0. The van der Waals surface area contributed by atoms with E-state index in [1.165, 1.54) is 6.07 Å². The Morgan fingerprint density at radius 2 is 1.91 bits per heavy atom. The highest BCUT2D eigenvalue weighted by Crippen LogP contribution is 2.36. The van der Waals surface area contributed by atoms with Crippen LogP contribution in [0.4, 0.5) is 5.82 Å². The van der Waals surface area contributed by atoms with Crippen LogP contribution in [0.2, 0.25) is 5.02 Å². The van der Waals surface area contributed by atoms with Crippen LogP contribution in [-0.2, 0) is 6.54 Å². The maximum absolute atomic E-state index is 10.2. The molecule has 0 aliphatic carbocycles. The Morgan fingerprint density at radius 3 is 2.50 bits per heavy atom. The predicted molar refractivity (Wildman–Crippen MR) is 125 cm³/mol. The molecule has 3 aromatic rings. The molecule has 1 aromatic carbocycles. The summed E-state index contributed by atoms with van der Waals surface area (Å²) in [6, 6.07) is 2.94. The first-order chi connectivity index (χ1) is 15.2.